The Balaban J connectivity index is 0.000000552. The number of aromatic nitrogens is 3. The molecule has 0 aliphatic carbocycles. The highest BCUT2D eigenvalue weighted by Gasteiger charge is 2.16. The Kier molecular flexibility index (Phi) is 5.61. The Labute approximate surface area is 147 Å². The lowest BCUT2D eigenvalue weighted by Gasteiger charge is -2.05. The molecular weight excluding hydrogens is 344 g/mol. The lowest BCUT2D eigenvalue weighted by Crippen LogP contribution is -2.13. The van der Waals surface area contributed by atoms with Crippen molar-refractivity contribution in [1.82, 2.24) is 14.8 Å². The van der Waals surface area contributed by atoms with E-state index in [1.54, 1.807) is 12.1 Å². The van der Waals surface area contributed by atoms with Crippen LogP contribution in [0, 0.1) is 24.0 Å². The van der Waals surface area contributed by atoms with E-state index in [1.807, 2.05) is 6.92 Å². The molecule has 136 valence electrons. The van der Waals surface area contributed by atoms with Crippen LogP contribution in [-0.2, 0) is 11.3 Å². The van der Waals surface area contributed by atoms with Gasteiger partial charge in [0.05, 0.1) is 11.9 Å². The highest BCUT2D eigenvalue weighted by molar-refractivity contribution is 6.04. The van der Waals surface area contributed by atoms with Crippen LogP contribution in [0.25, 0.3) is 11.0 Å². The lowest BCUT2D eigenvalue weighted by atomic mass is 10.2. The van der Waals surface area contributed by atoms with E-state index in [0.717, 1.165) is 18.7 Å². The first-order valence-corrected chi connectivity index (χ1v) is 7.51. The van der Waals surface area contributed by atoms with Gasteiger partial charge in [0.1, 0.15) is 11.5 Å². The molecule has 7 nitrogen and oxygen atoms in total. The highest BCUT2D eigenvalue weighted by atomic mass is 19.2. The molecule has 2 heterocycles. The molecular formula is C17H17F2N5O2. The van der Waals surface area contributed by atoms with Gasteiger partial charge in [0.15, 0.2) is 17.3 Å². The van der Waals surface area contributed by atoms with E-state index in [-0.39, 0.29) is 23.6 Å². The number of amidine groups is 1. The minimum absolute atomic E-state index is 0.00380. The monoisotopic (exact) mass is 361 g/mol. The summed E-state index contributed by atoms with van der Waals surface area (Å²) in [6.07, 6.45) is 0. The van der Waals surface area contributed by atoms with Crippen LogP contribution in [-0.4, -0.2) is 31.7 Å². The van der Waals surface area contributed by atoms with Gasteiger partial charge in [0.2, 0.25) is 0 Å². The second-order valence-corrected chi connectivity index (χ2v) is 5.48. The van der Waals surface area contributed by atoms with Gasteiger partial charge in [-0.3, -0.25) is 10.2 Å². The Morgan fingerprint density at radius 1 is 1.31 bits per heavy atom. The number of aryl methyl sites for hydroxylation is 1. The van der Waals surface area contributed by atoms with E-state index < -0.39 is 17.6 Å². The normalized spacial score (nSPS) is 10.3. The van der Waals surface area contributed by atoms with Crippen LogP contribution in [0.2, 0.25) is 0 Å². The zero-order valence-electron chi connectivity index (χ0n) is 14.1. The first-order chi connectivity index (χ1) is 12.2. The van der Waals surface area contributed by atoms with Crippen molar-refractivity contribution in [1.29, 1.82) is 5.41 Å². The maximum absolute atomic E-state index is 13.8. The average Bonchev–Trinajstić information content (AvgIpc) is 2.89. The molecule has 0 radical (unpaired) electrons. The van der Waals surface area contributed by atoms with Crippen LogP contribution in [0.15, 0.2) is 30.3 Å². The summed E-state index contributed by atoms with van der Waals surface area (Å²) >= 11 is 0. The van der Waals surface area contributed by atoms with Crippen molar-refractivity contribution in [2.45, 2.75) is 20.4 Å². The Hall–Kier alpha value is -3.36. The molecule has 0 atom stereocenters. The van der Waals surface area contributed by atoms with Crippen LogP contribution >= 0.6 is 0 Å². The number of nitrogens with two attached hydrogens (primary N) is 1. The number of carboxylic acids is 1. The van der Waals surface area contributed by atoms with Crippen molar-refractivity contribution in [2.24, 2.45) is 5.73 Å². The molecule has 0 aliphatic heterocycles. The number of rotatable bonds is 3. The van der Waals surface area contributed by atoms with Crippen molar-refractivity contribution in [3.05, 3.63) is 58.9 Å². The van der Waals surface area contributed by atoms with Crippen LogP contribution in [0.1, 0.15) is 23.9 Å². The van der Waals surface area contributed by atoms with Gasteiger partial charge in [0.25, 0.3) is 5.97 Å². The molecule has 3 rings (SSSR count). The largest absolute Gasteiger partial charge is 0.481 e. The number of carboxylic acid groups (broad SMARTS) is 1. The summed E-state index contributed by atoms with van der Waals surface area (Å²) in [5, 5.41) is 19.8. The van der Waals surface area contributed by atoms with Gasteiger partial charge in [-0.05, 0) is 25.1 Å². The Morgan fingerprint density at radius 2 is 1.96 bits per heavy atom. The minimum Gasteiger partial charge on any atom is -0.481 e. The Morgan fingerprint density at radius 3 is 2.58 bits per heavy atom. The standard InChI is InChI=1S/C15H13F2N5.C2H4O2/c1-8-5-6-10-13(14(18)19)21-22(15(10)20-8)7-9-3-2-4-11(16)12(9)17;1-2(3)4/h2-6H,7H2,1H3,(H3,18,19);1H3,(H,3,4). The number of nitrogen functional groups attached to an aromatic ring is 1. The maximum Gasteiger partial charge on any atom is 0.300 e. The number of carbonyl (C=O) groups is 1. The number of pyridine rings is 1. The van der Waals surface area contributed by atoms with Gasteiger partial charge >= 0.3 is 0 Å². The van der Waals surface area contributed by atoms with E-state index in [0.29, 0.717) is 11.0 Å². The predicted octanol–water partition coefficient (Wildman–Crippen LogP) is 2.44. The third kappa shape index (κ3) is 4.18. The smallest absolute Gasteiger partial charge is 0.300 e. The fourth-order valence-corrected chi connectivity index (χ4v) is 2.29. The van der Waals surface area contributed by atoms with E-state index >= 15 is 0 Å². The summed E-state index contributed by atoms with van der Waals surface area (Å²) in [4.78, 5) is 13.4. The molecule has 0 unspecified atom stereocenters. The molecule has 26 heavy (non-hydrogen) atoms. The summed E-state index contributed by atoms with van der Waals surface area (Å²) in [7, 11) is 0. The first-order valence-electron chi connectivity index (χ1n) is 7.51. The summed E-state index contributed by atoms with van der Waals surface area (Å²) in [6.45, 7) is 2.90. The van der Waals surface area contributed by atoms with Crippen molar-refractivity contribution in [3.63, 3.8) is 0 Å². The number of nitrogens with zero attached hydrogens (tertiary/aromatic N) is 3. The second-order valence-electron chi connectivity index (χ2n) is 5.48. The van der Waals surface area contributed by atoms with E-state index in [2.05, 4.69) is 10.1 Å². The van der Waals surface area contributed by atoms with Gasteiger partial charge in [-0.1, -0.05) is 12.1 Å². The molecule has 0 saturated heterocycles. The molecule has 0 spiro atoms. The van der Waals surface area contributed by atoms with Crippen LogP contribution in [0.4, 0.5) is 8.78 Å². The third-order valence-corrected chi connectivity index (χ3v) is 3.34. The molecule has 9 heteroatoms. The predicted molar refractivity (Wildman–Crippen MR) is 92.1 cm³/mol. The topological polar surface area (TPSA) is 118 Å². The summed E-state index contributed by atoms with van der Waals surface area (Å²) in [5.74, 6) is -2.86. The van der Waals surface area contributed by atoms with Crippen molar-refractivity contribution in [3.8, 4) is 0 Å². The molecule has 0 amide bonds. The van der Waals surface area contributed by atoms with Gasteiger partial charge in [0, 0.05) is 18.2 Å². The molecule has 0 aliphatic rings. The molecule has 0 bridgehead atoms. The second kappa shape index (κ2) is 7.68. The fraction of sp³-hybridized carbons (Fsp3) is 0.176. The lowest BCUT2D eigenvalue weighted by molar-refractivity contribution is -0.134. The van der Waals surface area contributed by atoms with Crippen molar-refractivity contribution < 1.29 is 18.7 Å². The zero-order valence-corrected chi connectivity index (χ0v) is 14.1. The molecule has 1 aromatic carbocycles. The summed E-state index contributed by atoms with van der Waals surface area (Å²) < 4.78 is 28.6. The number of fused-ring (bicyclic) bond motifs is 1. The third-order valence-electron chi connectivity index (χ3n) is 3.34. The minimum atomic E-state index is -0.914. The number of nitrogens with one attached hydrogen (secondary N) is 1. The number of aliphatic carboxylic acids is 1. The van der Waals surface area contributed by atoms with Crippen molar-refractivity contribution >= 4 is 22.8 Å². The summed E-state index contributed by atoms with van der Waals surface area (Å²) in [6, 6.07) is 7.52. The van der Waals surface area contributed by atoms with E-state index in [9.17, 15) is 8.78 Å². The molecule has 0 fully saturated rings. The van der Waals surface area contributed by atoms with Crippen LogP contribution < -0.4 is 5.73 Å². The van der Waals surface area contributed by atoms with Crippen LogP contribution in [0.5, 0.6) is 0 Å². The van der Waals surface area contributed by atoms with Gasteiger partial charge < -0.3 is 10.8 Å². The Bertz CT molecular complexity index is 981. The first kappa shape index (κ1) is 19.0. The number of benzene rings is 1. The quantitative estimate of drug-likeness (QED) is 0.489. The molecule has 0 saturated carbocycles. The van der Waals surface area contributed by atoms with Crippen molar-refractivity contribution in [2.75, 3.05) is 0 Å². The van der Waals surface area contributed by atoms with Crippen LogP contribution in [0.3, 0.4) is 0 Å². The summed E-state index contributed by atoms with van der Waals surface area (Å²) in [5.41, 5.74) is 7.19. The fourth-order valence-electron chi connectivity index (χ4n) is 2.29. The number of halogens is 2. The van der Waals surface area contributed by atoms with Gasteiger partial charge in [-0.2, -0.15) is 5.10 Å². The SMILES string of the molecule is CC(=O)O.Cc1ccc2c(C(=N)N)nn(Cc3cccc(F)c3F)c2n1. The molecule has 3 aromatic rings. The number of hydrogen-bond donors (Lipinski definition) is 3. The van der Waals surface area contributed by atoms with Gasteiger partial charge in [-0.25, -0.2) is 18.4 Å². The number of hydrogen-bond acceptors (Lipinski definition) is 4. The average molecular weight is 361 g/mol. The van der Waals surface area contributed by atoms with E-state index in [1.165, 1.54) is 16.8 Å². The zero-order chi connectivity index (χ0) is 19.4. The highest BCUT2D eigenvalue weighted by Crippen LogP contribution is 2.20. The molecule has 2 aromatic heterocycles. The maximum atomic E-state index is 13.8. The van der Waals surface area contributed by atoms with Gasteiger partial charge in [-0.15, -0.1) is 0 Å². The molecule has 4 N–H and O–H groups in total. The van der Waals surface area contributed by atoms with E-state index in [4.69, 9.17) is 21.0 Å².